The molecule has 5 amide bonds. The van der Waals surface area contributed by atoms with Crippen molar-refractivity contribution in [1.82, 2.24) is 15.5 Å². The highest BCUT2D eigenvalue weighted by molar-refractivity contribution is 6.35. The van der Waals surface area contributed by atoms with Gasteiger partial charge in [-0.15, -0.1) is 0 Å². The number of unbranched alkanes of at least 4 members (excludes halogenated alkanes) is 1. The third-order valence-corrected chi connectivity index (χ3v) is 18.4. The van der Waals surface area contributed by atoms with Crippen LogP contribution in [0.15, 0.2) is 54.1 Å². The minimum atomic E-state index is -1.67. The average Bonchev–Trinajstić information content (AvgIpc) is 2.12. The number of esters is 3. The summed E-state index contributed by atoms with van der Waals surface area (Å²) < 4.78 is 35.4. The first-order valence-electron chi connectivity index (χ1n) is 30.4. The highest BCUT2D eigenvalue weighted by atomic mass is 35.5. The van der Waals surface area contributed by atoms with Gasteiger partial charge in [-0.25, -0.2) is 9.59 Å². The number of nitrogens with one attached hydrogen (secondary N) is 2. The number of anilines is 1. The second kappa shape index (κ2) is 31.4. The molecule has 2 aromatic rings. The van der Waals surface area contributed by atoms with Gasteiger partial charge in [-0.1, -0.05) is 80.3 Å². The van der Waals surface area contributed by atoms with Gasteiger partial charge in [-0.05, 0) is 120 Å². The first-order valence-corrected chi connectivity index (χ1v) is 31.2. The van der Waals surface area contributed by atoms with Gasteiger partial charge in [0.25, 0.3) is 5.91 Å². The van der Waals surface area contributed by atoms with E-state index < -0.39 is 107 Å². The van der Waals surface area contributed by atoms with Gasteiger partial charge in [0.2, 0.25) is 11.8 Å². The Bertz CT molecular complexity index is 2970. The van der Waals surface area contributed by atoms with Gasteiger partial charge in [0, 0.05) is 65.3 Å². The number of aliphatic hydroxyl groups is 1. The molecule has 0 spiro atoms. The molecule has 1 aliphatic carbocycles. The summed E-state index contributed by atoms with van der Waals surface area (Å²) in [6, 6.07) is 4.83. The van der Waals surface area contributed by atoms with Crippen LogP contribution in [0.5, 0.6) is 5.75 Å². The number of urea groups is 1. The Morgan fingerprint density at radius 1 is 0.989 bits per heavy atom. The molecule has 0 aromatic heterocycles. The average molecular weight is 1270 g/mol. The van der Waals surface area contributed by atoms with Crippen molar-refractivity contribution in [3.8, 4) is 5.75 Å². The summed E-state index contributed by atoms with van der Waals surface area (Å²) >= 11 is 13.7. The van der Waals surface area contributed by atoms with Crippen LogP contribution >= 0.6 is 23.2 Å². The monoisotopic (exact) mass is 1270 g/mol. The molecule has 21 nitrogen and oxygen atoms in total. The van der Waals surface area contributed by atoms with E-state index in [1.54, 1.807) is 38.1 Å². The van der Waals surface area contributed by atoms with Gasteiger partial charge in [-0.2, -0.15) is 0 Å². The molecule has 1 unspecified atom stereocenters. The van der Waals surface area contributed by atoms with Crippen molar-refractivity contribution in [2.45, 2.75) is 199 Å². The van der Waals surface area contributed by atoms with Gasteiger partial charge in [0.05, 0.1) is 60.4 Å². The van der Waals surface area contributed by atoms with Crippen LogP contribution in [0.25, 0.3) is 0 Å². The molecule has 2 aromatic carbocycles. The van der Waals surface area contributed by atoms with Crippen LogP contribution in [-0.4, -0.2) is 152 Å². The fourth-order valence-corrected chi connectivity index (χ4v) is 12.2. The number of nitrogens with zero attached hydrogens (tertiary/aromatic N) is 2. The summed E-state index contributed by atoms with van der Waals surface area (Å²) in [7, 11) is 5.81. The Hall–Kier alpha value is -6.39. The molecule has 2 saturated heterocycles. The summed E-state index contributed by atoms with van der Waals surface area (Å²) in [5, 5.41) is 17.5. The van der Waals surface area contributed by atoms with Crippen LogP contribution in [0.2, 0.25) is 10.0 Å². The number of carbonyl (C=O) groups excluding carboxylic acids is 9. The van der Waals surface area contributed by atoms with Crippen LogP contribution in [0.3, 0.4) is 0 Å². The Labute approximate surface area is 526 Å². The normalized spacial score (nSPS) is 25.4. The summed E-state index contributed by atoms with van der Waals surface area (Å²) in [6.45, 7) is 12.4. The van der Waals surface area contributed by atoms with Crippen molar-refractivity contribution in [1.29, 1.82) is 0 Å². The third-order valence-electron chi connectivity index (χ3n) is 17.7. The topological polar surface area (TPSA) is 289 Å². The predicted molar refractivity (Wildman–Crippen MR) is 330 cm³/mol. The molecule has 88 heavy (non-hydrogen) atoms. The van der Waals surface area contributed by atoms with Crippen LogP contribution in [0.4, 0.5) is 10.5 Å². The fourth-order valence-electron chi connectivity index (χ4n) is 11.6. The van der Waals surface area contributed by atoms with E-state index in [2.05, 4.69) is 10.6 Å². The highest BCUT2D eigenvalue weighted by Crippen LogP contribution is 2.50. The zero-order valence-electron chi connectivity index (χ0n) is 52.6. The number of halogens is 2. The molecular formula is C65H89Cl2N5O16. The fraction of sp³-hybridized carbons (Fsp3) is 0.615. The summed E-state index contributed by atoms with van der Waals surface area (Å²) in [4.78, 5) is 124. The summed E-state index contributed by atoms with van der Waals surface area (Å²) in [6.07, 6.45) is 5.75. The van der Waals surface area contributed by atoms with Crippen molar-refractivity contribution in [3.05, 3.63) is 80.9 Å². The molecule has 4 aliphatic rings. The maximum atomic E-state index is 14.5. The lowest BCUT2D eigenvalue weighted by Gasteiger charge is -2.41. The summed E-state index contributed by atoms with van der Waals surface area (Å²) in [5.74, 6) is -5.21. The molecule has 4 bridgehead atoms. The zero-order chi connectivity index (χ0) is 64.9. The maximum absolute atomic E-state index is 14.5. The number of amides is 5. The van der Waals surface area contributed by atoms with E-state index in [9.17, 15) is 48.3 Å². The van der Waals surface area contributed by atoms with E-state index in [-0.39, 0.29) is 96.8 Å². The number of ether oxygens (including phenoxy) is 6. The van der Waals surface area contributed by atoms with Crippen molar-refractivity contribution < 1.29 is 76.7 Å². The number of hydrogen-bond acceptors (Lipinski definition) is 16. The lowest BCUT2D eigenvalue weighted by molar-refractivity contribution is -0.187. The molecule has 1 saturated carbocycles. The number of Topliss-reactive ketones (excluding diaryl/α,β-unsaturated/α-hetero) is 2. The maximum Gasteiger partial charge on any atom is 0.328 e. The van der Waals surface area contributed by atoms with E-state index in [1.807, 2.05) is 33.8 Å². The minimum Gasteiger partial charge on any atom is -0.495 e. The number of benzene rings is 2. The number of primary amides is 1. The largest absolute Gasteiger partial charge is 0.495 e. The molecule has 0 radical (unpaired) electrons. The van der Waals surface area contributed by atoms with Crippen molar-refractivity contribution in [2.24, 2.45) is 29.4 Å². The second-order valence-corrected chi connectivity index (χ2v) is 25.6. The first kappa shape index (κ1) is 70.7. The van der Waals surface area contributed by atoms with Gasteiger partial charge >= 0.3 is 23.9 Å². The quantitative estimate of drug-likeness (QED) is 0.0315. The number of methoxy groups -OCH3 is 2. The summed E-state index contributed by atoms with van der Waals surface area (Å²) in [5.41, 5.74) is 4.61. The number of nitrogens with two attached hydrogens (primary N) is 1. The zero-order valence-corrected chi connectivity index (χ0v) is 54.1. The van der Waals surface area contributed by atoms with E-state index in [0.29, 0.717) is 42.7 Å². The molecule has 23 heteroatoms. The van der Waals surface area contributed by atoms with E-state index in [4.69, 9.17) is 57.4 Å². The standard InChI is InChI=1S/C65H89Cl2N5O16/c1-36(2)46(32-44(73)21-13-12-18-38(4)85-62(80)43-19-15-20-43)59(77)70-48(22-16-26-69-63(68)81)50(74)30-41-24-25-45(47(66)28-41)60(78)71(8)40(6)61(79)87-54-33-55(75)72(9)49-29-42(31-51(83-10)57(49)67)27-37(3)17-14-23-53(84-11)65(82)34-52(86-56(76)35-65)39(5)58-64(54,7)88-58/h14,17,23-25,28-29,31,36,38-40,43,46,48,52-54,58,82H,12-13,15-16,18-22,26-27,30,32-35H2,1-11H3,(H,70,77)(H3,68,69,81)/b23-14+,37-17+/t38?,39-,40+,46+,48+,52+,53-,54+,58+,64+,65-/m1/s1. The number of fused-ring (bicyclic) bond motifs is 5. The number of ketones is 2. The van der Waals surface area contributed by atoms with Crippen molar-refractivity contribution >= 4 is 82.1 Å². The number of epoxide rings is 1. The van der Waals surface area contributed by atoms with E-state index in [1.165, 1.54) is 58.3 Å². The molecule has 3 heterocycles. The van der Waals surface area contributed by atoms with E-state index >= 15 is 0 Å². The predicted octanol–water partition coefficient (Wildman–Crippen LogP) is 8.30. The third kappa shape index (κ3) is 18.4. The number of hydrogen-bond donors (Lipinski definition) is 4. The second-order valence-electron chi connectivity index (χ2n) is 24.8. The molecule has 5 N–H and O–H groups in total. The SMILES string of the molecule is COc1cc2cc(c1Cl)N(C)C(=O)C[C@H](OC(=O)[C@H](C)N(C)C(=O)c1ccc(CC(=O)[C@H](CCCNC(N)=O)NC(=O)[C@@H](CC(=O)CCCCC(C)OC(=O)C3CCC3)C(C)C)cc1Cl)[C@]1(C)O[C@H]1[C@H](C)[C@@H]1C[C@@](O)(CC(=O)O1)[C@H](OC)/C=C/C=C(\C)C2. The molecule has 3 fully saturated rings. The Balaban J connectivity index is 1.15. The van der Waals surface area contributed by atoms with Crippen LogP contribution in [-0.2, 0) is 70.1 Å². The number of allylic oxidation sites excluding steroid dienone is 3. The van der Waals surface area contributed by atoms with Crippen molar-refractivity contribution in [2.75, 3.05) is 39.8 Å². The molecule has 484 valence electrons. The smallest absolute Gasteiger partial charge is 0.328 e. The number of rotatable bonds is 25. The van der Waals surface area contributed by atoms with Crippen LogP contribution in [0, 0.1) is 23.7 Å². The Morgan fingerprint density at radius 2 is 1.70 bits per heavy atom. The van der Waals surface area contributed by atoms with E-state index in [0.717, 1.165) is 35.3 Å². The highest BCUT2D eigenvalue weighted by Gasteiger charge is 2.64. The Morgan fingerprint density at radius 3 is 2.34 bits per heavy atom. The first-order chi connectivity index (χ1) is 41.5. The van der Waals surface area contributed by atoms with Crippen LogP contribution < -0.4 is 26.0 Å². The van der Waals surface area contributed by atoms with Crippen molar-refractivity contribution in [3.63, 3.8) is 0 Å². The lowest BCUT2D eigenvalue weighted by atomic mass is 9.78. The van der Waals surface area contributed by atoms with Gasteiger partial charge in [0.15, 0.2) is 5.78 Å². The molecule has 3 aliphatic heterocycles. The molecular weight excluding hydrogens is 1180 g/mol. The van der Waals surface area contributed by atoms with Gasteiger partial charge < -0.3 is 59.7 Å². The van der Waals surface area contributed by atoms with Gasteiger partial charge in [0.1, 0.15) is 52.1 Å². The van der Waals surface area contributed by atoms with Gasteiger partial charge in [-0.3, -0.25) is 33.6 Å². The number of likely N-dealkylation sites (N-methyl/N-ethyl adjacent to an activating group) is 1. The van der Waals surface area contributed by atoms with Crippen LogP contribution in [0.1, 0.15) is 153 Å². The molecule has 6 rings (SSSR count). The minimum absolute atomic E-state index is 0.0146. The lowest BCUT2D eigenvalue weighted by Crippen LogP contribution is -2.53. The Kier molecular flexibility index (Phi) is 25.2. The molecule has 11 atom stereocenters. The number of carbonyl (C=O) groups is 9.